The molecule has 0 saturated heterocycles. The lowest BCUT2D eigenvalue weighted by molar-refractivity contribution is -0.121. The molecule has 1 aromatic rings. The van der Waals surface area contributed by atoms with Crippen molar-refractivity contribution in [1.29, 1.82) is 0 Å². The normalized spacial score (nSPS) is 10.6. The third-order valence-corrected chi connectivity index (χ3v) is 3.19. The molecule has 0 aliphatic carbocycles. The van der Waals surface area contributed by atoms with E-state index in [9.17, 15) is 18.4 Å². The van der Waals surface area contributed by atoms with Crippen LogP contribution in [-0.2, 0) is 9.59 Å². The van der Waals surface area contributed by atoms with E-state index in [1.807, 2.05) is 13.8 Å². The lowest BCUT2D eigenvalue weighted by Crippen LogP contribution is -2.35. The number of rotatable bonds is 7. The Morgan fingerprint density at radius 1 is 1.23 bits per heavy atom. The molecule has 0 spiro atoms. The summed E-state index contributed by atoms with van der Waals surface area (Å²) < 4.78 is 27.5. The lowest BCUT2D eigenvalue weighted by atomic mass is 10.1. The summed E-state index contributed by atoms with van der Waals surface area (Å²) in [4.78, 5) is 24.3. The maximum absolute atomic E-state index is 13.7. The van der Waals surface area contributed by atoms with Crippen LogP contribution in [0.3, 0.4) is 0 Å². The van der Waals surface area contributed by atoms with E-state index in [-0.39, 0.29) is 18.9 Å². The Balaban J connectivity index is 2.66. The fraction of sp³-hybridized carbons (Fsp3) is 0.500. The first-order chi connectivity index (χ1) is 10.3. The summed E-state index contributed by atoms with van der Waals surface area (Å²) in [6.45, 7) is 5.78. The fourth-order valence-corrected chi connectivity index (χ4v) is 1.98. The molecule has 0 unspecified atom stereocenters. The van der Waals surface area contributed by atoms with Gasteiger partial charge in [-0.15, -0.1) is 0 Å². The minimum absolute atomic E-state index is 0.00848. The van der Waals surface area contributed by atoms with Gasteiger partial charge >= 0.3 is 0 Å². The first kappa shape index (κ1) is 18.1. The largest absolute Gasteiger partial charge is 0.356 e. The van der Waals surface area contributed by atoms with Crippen LogP contribution in [0.5, 0.6) is 0 Å². The number of carbonyl (C=O) groups excluding carboxylic acids is 2. The van der Waals surface area contributed by atoms with Crippen LogP contribution in [0.1, 0.15) is 33.6 Å². The van der Waals surface area contributed by atoms with Gasteiger partial charge in [0, 0.05) is 26.4 Å². The Morgan fingerprint density at radius 2 is 1.82 bits per heavy atom. The van der Waals surface area contributed by atoms with Gasteiger partial charge in [0.15, 0.2) is 0 Å². The topological polar surface area (TPSA) is 49.4 Å². The number of anilines is 1. The highest BCUT2D eigenvalue weighted by Crippen LogP contribution is 2.23. The van der Waals surface area contributed by atoms with Gasteiger partial charge in [0.05, 0.1) is 0 Å². The zero-order valence-electron chi connectivity index (χ0n) is 13.2. The second-order valence-corrected chi connectivity index (χ2v) is 5.52. The van der Waals surface area contributed by atoms with Gasteiger partial charge in [-0.25, -0.2) is 8.78 Å². The van der Waals surface area contributed by atoms with Crippen LogP contribution < -0.4 is 10.2 Å². The van der Waals surface area contributed by atoms with Crippen molar-refractivity contribution in [3.05, 3.63) is 29.8 Å². The quantitative estimate of drug-likeness (QED) is 0.841. The molecule has 1 rings (SSSR count). The van der Waals surface area contributed by atoms with Gasteiger partial charge in [0.2, 0.25) is 11.8 Å². The molecule has 122 valence electrons. The molecule has 1 aromatic carbocycles. The highest BCUT2D eigenvalue weighted by molar-refractivity contribution is 5.92. The summed E-state index contributed by atoms with van der Waals surface area (Å²) >= 11 is 0. The fourth-order valence-electron chi connectivity index (χ4n) is 1.98. The van der Waals surface area contributed by atoms with Crippen LogP contribution >= 0.6 is 0 Å². The number of amides is 2. The Morgan fingerprint density at radius 3 is 2.32 bits per heavy atom. The summed E-state index contributed by atoms with van der Waals surface area (Å²) in [5.74, 6) is -1.94. The zero-order chi connectivity index (χ0) is 16.7. The van der Waals surface area contributed by atoms with Crippen molar-refractivity contribution in [2.75, 3.05) is 18.0 Å². The molecule has 0 radical (unpaired) electrons. The average Bonchev–Trinajstić information content (AvgIpc) is 2.41. The molecule has 1 N–H and O–H groups in total. The van der Waals surface area contributed by atoms with Crippen molar-refractivity contribution in [3.63, 3.8) is 0 Å². The van der Waals surface area contributed by atoms with E-state index in [0.717, 1.165) is 23.5 Å². The van der Waals surface area contributed by atoms with E-state index in [2.05, 4.69) is 5.32 Å². The van der Waals surface area contributed by atoms with Gasteiger partial charge in [0.25, 0.3) is 0 Å². The van der Waals surface area contributed by atoms with E-state index < -0.39 is 23.2 Å². The van der Waals surface area contributed by atoms with Crippen LogP contribution in [0.2, 0.25) is 0 Å². The molecule has 0 atom stereocenters. The molecular weight excluding hydrogens is 290 g/mol. The molecule has 6 heteroatoms. The lowest BCUT2D eigenvalue weighted by Gasteiger charge is -2.22. The molecule has 0 bridgehead atoms. The monoisotopic (exact) mass is 312 g/mol. The SMILES string of the molecule is CC(=O)N(CCC(=O)NCCC(C)C)c1c(F)cccc1F. The standard InChI is InChI=1S/C16H22F2N2O2/c1-11(2)7-9-19-15(22)8-10-20(12(3)21)16-13(17)5-4-6-14(16)18/h4-6,11H,7-10H2,1-3H3,(H,19,22). The average molecular weight is 312 g/mol. The molecule has 2 amide bonds. The maximum atomic E-state index is 13.7. The predicted octanol–water partition coefficient (Wildman–Crippen LogP) is 2.87. The van der Waals surface area contributed by atoms with Gasteiger partial charge in [-0.05, 0) is 24.5 Å². The molecule has 0 aliphatic heterocycles. The number of hydrogen-bond acceptors (Lipinski definition) is 2. The number of nitrogens with zero attached hydrogens (tertiary/aromatic N) is 1. The Hall–Kier alpha value is -1.98. The maximum Gasteiger partial charge on any atom is 0.224 e. The van der Waals surface area contributed by atoms with E-state index >= 15 is 0 Å². The van der Waals surface area contributed by atoms with Crippen molar-refractivity contribution in [2.24, 2.45) is 5.92 Å². The van der Waals surface area contributed by atoms with Crippen LogP contribution in [-0.4, -0.2) is 24.9 Å². The van der Waals surface area contributed by atoms with Crippen molar-refractivity contribution in [1.82, 2.24) is 5.32 Å². The van der Waals surface area contributed by atoms with Crippen LogP contribution in [0.25, 0.3) is 0 Å². The molecule has 0 heterocycles. The Bertz CT molecular complexity index is 513. The highest BCUT2D eigenvalue weighted by atomic mass is 19.1. The van der Waals surface area contributed by atoms with Gasteiger partial charge < -0.3 is 10.2 Å². The number of nitrogens with one attached hydrogen (secondary N) is 1. The molecule has 0 aromatic heterocycles. The molecule has 22 heavy (non-hydrogen) atoms. The van der Waals surface area contributed by atoms with E-state index in [1.54, 1.807) is 0 Å². The number of benzene rings is 1. The first-order valence-electron chi connectivity index (χ1n) is 7.31. The number of halogens is 2. The van der Waals surface area contributed by atoms with Crippen LogP contribution in [0.15, 0.2) is 18.2 Å². The van der Waals surface area contributed by atoms with Crippen molar-refractivity contribution >= 4 is 17.5 Å². The van der Waals surface area contributed by atoms with Gasteiger partial charge in [0.1, 0.15) is 17.3 Å². The molecule has 4 nitrogen and oxygen atoms in total. The second-order valence-electron chi connectivity index (χ2n) is 5.52. The highest BCUT2D eigenvalue weighted by Gasteiger charge is 2.20. The van der Waals surface area contributed by atoms with Gasteiger partial charge in [-0.3, -0.25) is 9.59 Å². The Labute approximate surface area is 129 Å². The van der Waals surface area contributed by atoms with E-state index in [4.69, 9.17) is 0 Å². The van der Waals surface area contributed by atoms with E-state index in [1.165, 1.54) is 13.0 Å². The minimum Gasteiger partial charge on any atom is -0.356 e. The Kier molecular flexibility index (Phi) is 6.95. The zero-order valence-corrected chi connectivity index (χ0v) is 13.2. The summed E-state index contributed by atoms with van der Waals surface area (Å²) in [7, 11) is 0. The smallest absolute Gasteiger partial charge is 0.224 e. The number of para-hydroxylation sites is 1. The summed E-state index contributed by atoms with van der Waals surface area (Å²) in [5.41, 5.74) is -0.412. The van der Waals surface area contributed by atoms with Crippen LogP contribution in [0, 0.1) is 17.6 Å². The third kappa shape index (κ3) is 5.42. The predicted molar refractivity (Wildman–Crippen MR) is 81.5 cm³/mol. The van der Waals surface area contributed by atoms with Crippen molar-refractivity contribution in [2.45, 2.75) is 33.6 Å². The van der Waals surface area contributed by atoms with Crippen LogP contribution in [0.4, 0.5) is 14.5 Å². The van der Waals surface area contributed by atoms with Gasteiger partial charge in [-0.2, -0.15) is 0 Å². The molecule has 0 saturated carbocycles. The third-order valence-electron chi connectivity index (χ3n) is 3.19. The van der Waals surface area contributed by atoms with Crippen molar-refractivity contribution < 1.29 is 18.4 Å². The molecule has 0 aliphatic rings. The minimum atomic E-state index is -0.824. The first-order valence-corrected chi connectivity index (χ1v) is 7.31. The summed E-state index contributed by atoms with van der Waals surface area (Å²) in [6.07, 6.45) is 0.843. The molecule has 0 fully saturated rings. The number of hydrogen-bond donors (Lipinski definition) is 1. The summed E-state index contributed by atoms with van der Waals surface area (Å²) in [5, 5.41) is 2.72. The number of carbonyl (C=O) groups is 2. The summed E-state index contributed by atoms with van der Waals surface area (Å²) in [6, 6.07) is 3.39. The second kappa shape index (κ2) is 8.46. The van der Waals surface area contributed by atoms with Crippen molar-refractivity contribution in [3.8, 4) is 0 Å². The van der Waals surface area contributed by atoms with E-state index in [0.29, 0.717) is 12.5 Å². The molecular formula is C16H22F2N2O2. The van der Waals surface area contributed by atoms with Gasteiger partial charge in [-0.1, -0.05) is 19.9 Å².